The fourth-order valence-electron chi connectivity index (χ4n) is 5.20. The van der Waals surface area contributed by atoms with Gasteiger partial charge in [-0.1, -0.05) is 43.6 Å². The smallest absolute Gasteiger partial charge is 0.135 e. The summed E-state index contributed by atoms with van der Waals surface area (Å²) in [5.41, 5.74) is 4.73. The minimum absolute atomic E-state index is 0.336. The van der Waals surface area contributed by atoms with Crippen molar-refractivity contribution in [1.29, 1.82) is 0 Å². The van der Waals surface area contributed by atoms with Crippen LogP contribution in [0.25, 0.3) is 10.9 Å². The maximum Gasteiger partial charge on any atom is 0.135 e. The Morgan fingerprint density at radius 1 is 1.09 bits per heavy atom. The van der Waals surface area contributed by atoms with Gasteiger partial charge in [-0.15, -0.1) is 0 Å². The molecule has 3 heterocycles. The summed E-state index contributed by atoms with van der Waals surface area (Å²) in [6, 6.07) is 18.3. The molecule has 6 rings (SSSR count). The van der Waals surface area contributed by atoms with Gasteiger partial charge in [-0.05, 0) is 56.2 Å². The molecule has 176 valence electrons. The van der Waals surface area contributed by atoms with E-state index in [1.54, 1.807) is 0 Å². The molecule has 0 atom stereocenters. The fourth-order valence-corrected chi connectivity index (χ4v) is 5.48. The molecular weight excluding hydrogens is 444 g/mol. The van der Waals surface area contributed by atoms with Gasteiger partial charge < -0.3 is 19.9 Å². The highest BCUT2D eigenvalue weighted by Gasteiger charge is 2.53. The summed E-state index contributed by atoms with van der Waals surface area (Å²) in [5.74, 6) is 1.84. The van der Waals surface area contributed by atoms with E-state index in [2.05, 4.69) is 39.2 Å². The number of halogens is 1. The van der Waals surface area contributed by atoms with Crippen LogP contribution >= 0.6 is 11.6 Å². The largest absolute Gasteiger partial charge is 0.490 e. The number of aromatic amines is 1. The van der Waals surface area contributed by atoms with Gasteiger partial charge in [-0.25, -0.2) is 4.98 Å². The van der Waals surface area contributed by atoms with Crippen molar-refractivity contribution in [2.45, 2.75) is 39.7 Å². The molecular formula is C28H31ClN4O. The molecule has 2 fully saturated rings. The van der Waals surface area contributed by atoms with E-state index in [-0.39, 0.29) is 0 Å². The quantitative estimate of drug-likeness (QED) is 0.317. The van der Waals surface area contributed by atoms with Crippen molar-refractivity contribution >= 4 is 39.7 Å². The number of rotatable bonds is 5. The molecule has 0 bridgehead atoms. The molecule has 5 nitrogen and oxygen atoms in total. The molecule has 2 N–H and O–H groups in total. The van der Waals surface area contributed by atoms with E-state index in [1.807, 2.05) is 68.7 Å². The molecule has 1 aliphatic carbocycles. The predicted octanol–water partition coefficient (Wildman–Crippen LogP) is 7.34. The average molecular weight is 475 g/mol. The van der Waals surface area contributed by atoms with Crippen molar-refractivity contribution in [1.82, 2.24) is 9.97 Å². The number of fused-ring (bicyclic) bond motifs is 1. The maximum atomic E-state index is 6.44. The van der Waals surface area contributed by atoms with Gasteiger partial charge in [0.2, 0.25) is 0 Å². The predicted molar refractivity (Wildman–Crippen MR) is 142 cm³/mol. The van der Waals surface area contributed by atoms with Crippen molar-refractivity contribution in [3.8, 4) is 5.75 Å². The van der Waals surface area contributed by atoms with E-state index in [9.17, 15) is 0 Å². The Morgan fingerprint density at radius 2 is 1.85 bits per heavy atom. The van der Waals surface area contributed by atoms with Crippen LogP contribution in [0.3, 0.4) is 0 Å². The van der Waals surface area contributed by atoms with E-state index in [1.165, 1.54) is 5.69 Å². The number of para-hydroxylation sites is 1. The summed E-state index contributed by atoms with van der Waals surface area (Å²) < 4.78 is 6.11. The maximum absolute atomic E-state index is 6.44. The lowest BCUT2D eigenvalue weighted by molar-refractivity contribution is -0.0340. The van der Waals surface area contributed by atoms with Crippen molar-refractivity contribution in [2.24, 2.45) is 5.41 Å². The molecule has 1 saturated carbocycles. The first-order valence-corrected chi connectivity index (χ1v) is 12.4. The minimum atomic E-state index is 0.336. The van der Waals surface area contributed by atoms with Gasteiger partial charge >= 0.3 is 0 Å². The van der Waals surface area contributed by atoms with Crippen molar-refractivity contribution in [3.05, 3.63) is 77.6 Å². The van der Waals surface area contributed by atoms with Crippen LogP contribution in [0.2, 0.25) is 5.02 Å². The molecule has 0 radical (unpaired) electrons. The van der Waals surface area contributed by atoms with Gasteiger partial charge in [0.05, 0.1) is 5.02 Å². The van der Waals surface area contributed by atoms with Gasteiger partial charge in [-0.2, -0.15) is 0 Å². The molecule has 2 aromatic carbocycles. The van der Waals surface area contributed by atoms with Crippen molar-refractivity contribution in [2.75, 3.05) is 23.3 Å². The zero-order chi connectivity index (χ0) is 23.7. The van der Waals surface area contributed by atoms with Crippen LogP contribution in [0.1, 0.15) is 32.3 Å². The molecule has 2 aliphatic rings. The fraction of sp³-hybridized carbons (Fsp3) is 0.321. The standard InChI is InChI=1S/C26H25ClN4O.C2H6/c1-17-24(31-15-26(16-31)13-20(14-26)32-19-5-3-2-4-6-19)8-10-29-25(17)30-18-11-22(27)21-7-9-28-23(21)12-18;1-2/h2-12,20,28H,13-16H2,1H3,(H,29,30);1-2H3. The van der Waals surface area contributed by atoms with E-state index in [4.69, 9.17) is 16.3 Å². The van der Waals surface area contributed by atoms with Crippen LogP contribution in [0.15, 0.2) is 67.0 Å². The Morgan fingerprint density at radius 3 is 2.62 bits per heavy atom. The van der Waals surface area contributed by atoms with Crippen LogP contribution in [0.4, 0.5) is 17.2 Å². The monoisotopic (exact) mass is 474 g/mol. The zero-order valence-electron chi connectivity index (χ0n) is 19.9. The zero-order valence-corrected chi connectivity index (χ0v) is 20.7. The first-order chi connectivity index (χ1) is 16.6. The number of nitrogens with zero attached hydrogens (tertiary/aromatic N) is 2. The average Bonchev–Trinajstić information content (AvgIpc) is 3.28. The first kappa shape index (κ1) is 22.6. The Bertz CT molecular complexity index is 1270. The van der Waals surface area contributed by atoms with Crippen LogP contribution < -0.4 is 15.0 Å². The number of nitrogens with one attached hydrogen (secondary N) is 2. The molecule has 0 unspecified atom stereocenters. The third-order valence-electron chi connectivity index (χ3n) is 6.82. The van der Waals surface area contributed by atoms with E-state index in [0.717, 1.165) is 64.7 Å². The number of anilines is 3. The second kappa shape index (κ2) is 9.22. The Balaban J connectivity index is 0.00000117. The van der Waals surface area contributed by atoms with E-state index < -0.39 is 0 Å². The van der Waals surface area contributed by atoms with Crippen molar-refractivity contribution in [3.63, 3.8) is 0 Å². The Kier molecular flexibility index (Phi) is 6.13. The number of hydrogen-bond acceptors (Lipinski definition) is 4. The SMILES string of the molecule is CC.Cc1c(N2CC3(CC(Oc4ccccc4)C3)C2)ccnc1Nc1cc(Cl)c2cc[nH]c2c1. The number of aromatic nitrogens is 2. The van der Waals surface area contributed by atoms with Crippen LogP contribution in [-0.4, -0.2) is 29.2 Å². The molecule has 6 heteroatoms. The lowest BCUT2D eigenvalue weighted by Gasteiger charge is -2.59. The molecule has 1 spiro atoms. The molecule has 0 amide bonds. The van der Waals surface area contributed by atoms with E-state index in [0.29, 0.717) is 11.5 Å². The second-order valence-corrected chi connectivity index (χ2v) is 9.55. The molecule has 34 heavy (non-hydrogen) atoms. The highest BCUT2D eigenvalue weighted by atomic mass is 35.5. The Labute approximate surface area is 206 Å². The lowest BCUT2D eigenvalue weighted by Crippen LogP contribution is -2.65. The second-order valence-electron chi connectivity index (χ2n) is 9.14. The minimum Gasteiger partial charge on any atom is -0.490 e. The summed E-state index contributed by atoms with van der Waals surface area (Å²) in [7, 11) is 0. The number of benzene rings is 2. The van der Waals surface area contributed by atoms with Gasteiger partial charge in [0.1, 0.15) is 17.7 Å². The summed E-state index contributed by atoms with van der Waals surface area (Å²) in [4.78, 5) is 10.3. The first-order valence-electron chi connectivity index (χ1n) is 12.0. The van der Waals surface area contributed by atoms with Crippen LogP contribution in [0.5, 0.6) is 5.75 Å². The van der Waals surface area contributed by atoms with E-state index >= 15 is 0 Å². The summed E-state index contributed by atoms with van der Waals surface area (Å²) in [5, 5.41) is 5.21. The van der Waals surface area contributed by atoms with Gasteiger partial charge in [0.15, 0.2) is 0 Å². The summed E-state index contributed by atoms with van der Waals surface area (Å²) in [6.45, 7) is 8.28. The summed E-state index contributed by atoms with van der Waals surface area (Å²) in [6.07, 6.45) is 6.37. The number of H-pyrrole nitrogens is 1. The highest BCUT2D eigenvalue weighted by Crippen LogP contribution is 2.51. The van der Waals surface area contributed by atoms with Gasteiger partial charge in [0, 0.05) is 58.7 Å². The third kappa shape index (κ3) is 4.21. The van der Waals surface area contributed by atoms with Crippen molar-refractivity contribution < 1.29 is 4.74 Å². The molecule has 1 aliphatic heterocycles. The van der Waals surface area contributed by atoms with Crippen LogP contribution in [0, 0.1) is 12.3 Å². The molecule has 2 aromatic heterocycles. The lowest BCUT2D eigenvalue weighted by atomic mass is 9.61. The number of pyridine rings is 1. The molecule has 4 aromatic rings. The topological polar surface area (TPSA) is 53.2 Å². The van der Waals surface area contributed by atoms with Crippen LogP contribution in [-0.2, 0) is 0 Å². The molecule has 1 saturated heterocycles. The highest BCUT2D eigenvalue weighted by molar-refractivity contribution is 6.35. The Hall–Kier alpha value is -3.18. The number of ether oxygens (including phenoxy) is 1. The van der Waals surface area contributed by atoms with Gasteiger partial charge in [0.25, 0.3) is 0 Å². The number of hydrogen-bond donors (Lipinski definition) is 2. The summed E-state index contributed by atoms with van der Waals surface area (Å²) >= 11 is 6.44. The van der Waals surface area contributed by atoms with Gasteiger partial charge in [-0.3, -0.25) is 0 Å². The third-order valence-corrected chi connectivity index (χ3v) is 7.13. The normalized spacial score (nSPS) is 16.4.